The highest BCUT2D eigenvalue weighted by molar-refractivity contribution is 7.86. The van der Waals surface area contributed by atoms with E-state index in [0.717, 1.165) is 139 Å². The number of carboxylic acids is 2. The lowest BCUT2D eigenvalue weighted by atomic mass is 9.87. The fraction of sp³-hybridized carbons (Fsp3) is 0.322. The van der Waals surface area contributed by atoms with Crippen LogP contribution in [0.2, 0.25) is 0 Å². The standard InChI is InChI=1S/C28H32N2O3.C28H30N2O3.C2HF3O2.CHF3O3S/c1-6-25(33-31)19-11-9-10-12-20(19)28-21-13-17(4)23(29-7-2)15-26(21)32-27-16-24(30-8-3)18(5)14-22(27)28;1-5-29(6-2)19-13-15-23-25(17-19)33-26-18-20(30(7-3)8-4)14-16-24(26)27(23)21-11-9-10-12-22(21)28(31)32;3-2(4,5)1(6)7;2-1(3,4)8(5,6)7/h9-16,25,29,31H,6-8H2,1-5H3;9-18H,5-8H2,1-4H3;(H,6,7);(H,5,6,7). The molecular weight excluding hydrogens is 1090 g/mol. The lowest BCUT2D eigenvalue weighted by molar-refractivity contribution is -0.496. The van der Waals surface area contributed by atoms with Crippen molar-refractivity contribution in [2.45, 2.75) is 86.5 Å². The minimum absolute atomic E-state index is 0.284. The van der Waals surface area contributed by atoms with Crippen molar-refractivity contribution in [1.29, 1.82) is 0 Å². The third-order valence-corrected chi connectivity index (χ3v) is 13.7. The summed E-state index contributed by atoms with van der Waals surface area (Å²) in [5, 5.41) is 35.8. The maximum Gasteiger partial charge on any atom is 0.485 e. The summed E-state index contributed by atoms with van der Waals surface area (Å²) in [4.78, 5) is 31.4. The molecule has 1 atom stereocenters. The number of carbonyl (C=O) groups excluding carboxylic acids is 1. The van der Waals surface area contributed by atoms with Crippen molar-refractivity contribution >= 4 is 55.4 Å². The number of hydrogen-bond donors (Lipinski definition) is 4. The Morgan fingerprint density at radius 3 is 1.83 bits per heavy atom. The molecular formula is C59H64F6N4O11S. The minimum atomic E-state index is -6.09. The van der Waals surface area contributed by atoms with Gasteiger partial charge in [0.25, 0.3) is 0 Å². The summed E-state index contributed by atoms with van der Waals surface area (Å²) in [6, 6.07) is 36.3. The van der Waals surface area contributed by atoms with Crippen LogP contribution in [0.15, 0.2) is 118 Å². The molecule has 4 aliphatic rings. The Balaban J connectivity index is 0.000000238. The first-order chi connectivity index (χ1) is 38.2. The molecule has 0 radical (unpaired) electrons. The van der Waals surface area contributed by atoms with Crippen LogP contribution >= 0.6 is 0 Å². The summed E-state index contributed by atoms with van der Waals surface area (Å²) in [5.74, 6) is -2.38. The molecule has 2 heterocycles. The first-order valence-corrected chi connectivity index (χ1v) is 27.3. The van der Waals surface area contributed by atoms with E-state index in [1.165, 1.54) is 0 Å². The minimum Gasteiger partial charge on any atom is -0.741 e. The van der Waals surface area contributed by atoms with E-state index in [2.05, 4.69) is 142 Å². The van der Waals surface area contributed by atoms with Gasteiger partial charge in [-0.3, -0.25) is 5.26 Å². The van der Waals surface area contributed by atoms with Crippen LogP contribution in [0.3, 0.4) is 0 Å². The summed E-state index contributed by atoms with van der Waals surface area (Å²) in [7, 11) is -6.09. The predicted octanol–water partition coefficient (Wildman–Crippen LogP) is 10.1. The van der Waals surface area contributed by atoms with Crippen LogP contribution in [0.5, 0.6) is 0 Å². The van der Waals surface area contributed by atoms with Crippen LogP contribution in [-0.2, 0) is 19.8 Å². The Hall–Kier alpha value is -7.79. The van der Waals surface area contributed by atoms with Gasteiger partial charge >= 0.3 is 17.7 Å². The van der Waals surface area contributed by atoms with Gasteiger partial charge in [-0.1, -0.05) is 49.4 Å². The summed E-state index contributed by atoms with van der Waals surface area (Å²) in [6.45, 7) is 24.2. The maximum absolute atomic E-state index is 12.1. The van der Waals surface area contributed by atoms with Crippen molar-refractivity contribution in [2.24, 2.45) is 0 Å². The average molecular weight is 1150 g/mol. The number of rotatable bonds is 14. The Kier molecular flexibility index (Phi) is 21.8. The van der Waals surface area contributed by atoms with Gasteiger partial charge in [0.15, 0.2) is 10.1 Å². The molecule has 4 aromatic rings. The number of fused-ring (bicyclic) bond motifs is 4. The fourth-order valence-electron chi connectivity index (χ4n) is 9.22. The number of halogens is 6. The van der Waals surface area contributed by atoms with Crippen LogP contribution in [0.1, 0.15) is 88.0 Å². The van der Waals surface area contributed by atoms with E-state index in [1.54, 1.807) is 12.1 Å². The molecule has 4 aromatic carbocycles. The normalized spacial score (nSPS) is 12.2. The van der Waals surface area contributed by atoms with Crippen LogP contribution in [0, 0.1) is 13.8 Å². The molecule has 0 amide bonds. The molecule has 4 N–H and O–H groups in total. The quantitative estimate of drug-likeness (QED) is 0.0152. The summed E-state index contributed by atoms with van der Waals surface area (Å²) in [5.41, 5.74) is 7.29. The second-order valence-corrected chi connectivity index (χ2v) is 19.5. The molecule has 2 aliphatic heterocycles. The van der Waals surface area contributed by atoms with E-state index in [-0.39, 0.29) is 5.56 Å². The molecule has 0 bridgehead atoms. The molecule has 15 nitrogen and oxygen atoms in total. The Labute approximate surface area is 464 Å². The van der Waals surface area contributed by atoms with Crippen LogP contribution in [-0.4, -0.2) is 86.2 Å². The molecule has 434 valence electrons. The van der Waals surface area contributed by atoms with Crippen molar-refractivity contribution in [1.82, 2.24) is 4.58 Å². The summed E-state index contributed by atoms with van der Waals surface area (Å²) in [6.07, 6.45) is -4.94. The van der Waals surface area contributed by atoms with Gasteiger partial charge in [0.2, 0.25) is 10.7 Å². The first kappa shape index (κ1) is 64.0. The largest absolute Gasteiger partial charge is 0.741 e. The topological polar surface area (TPSA) is 223 Å². The smallest absolute Gasteiger partial charge is 0.485 e. The van der Waals surface area contributed by atoms with Gasteiger partial charge in [-0.05, 0) is 120 Å². The highest BCUT2D eigenvalue weighted by atomic mass is 32.2. The van der Waals surface area contributed by atoms with Crippen molar-refractivity contribution < 1.29 is 83.1 Å². The molecule has 8 rings (SSSR count). The lowest BCUT2D eigenvalue weighted by Crippen LogP contribution is -2.76. The number of aliphatic carboxylic acids is 1. The first-order valence-electron chi connectivity index (χ1n) is 25.9. The van der Waals surface area contributed by atoms with Crippen molar-refractivity contribution in [3.63, 3.8) is 0 Å². The number of nitrogens with one attached hydrogen (secondary N) is 2. The van der Waals surface area contributed by atoms with Crippen LogP contribution in [0.25, 0.3) is 66.8 Å². The van der Waals surface area contributed by atoms with Gasteiger partial charge in [-0.15, -0.1) is 0 Å². The van der Waals surface area contributed by atoms with Gasteiger partial charge in [0.05, 0.1) is 17.7 Å². The molecule has 0 spiro atoms. The van der Waals surface area contributed by atoms with Crippen molar-refractivity contribution in [3.8, 4) is 44.9 Å². The molecule has 81 heavy (non-hydrogen) atoms. The number of carbonyl (C=O) groups is 2. The highest BCUT2D eigenvalue weighted by Gasteiger charge is 2.37. The SMILES string of the molecule is CCN(CC)c1ccc2c(-c3ccccc3C(=O)O)c3ccc(=[N+](CC)CC)cc-3oc2c1.CCNc1cc2oc3cc(=[NH+]CC)c(C)cc-3c(-c3ccccc3C(CC)OO)c2cc1C.O=C([O-])C(F)(F)F.O=S(=O)([O-])C(F)(F)F. The number of benzene rings is 6. The van der Waals surface area contributed by atoms with Gasteiger partial charge in [0.1, 0.15) is 54.4 Å². The molecule has 0 saturated carbocycles. The average Bonchev–Trinajstić information content (AvgIpc) is 3.55. The van der Waals surface area contributed by atoms with Crippen molar-refractivity contribution in [3.05, 3.63) is 142 Å². The van der Waals surface area contributed by atoms with Gasteiger partial charge in [-0.2, -0.15) is 26.3 Å². The maximum atomic E-state index is 12.1. The number of nitrogens with zero attached hydrogens (tertiary/aromatic N) is 2. The number of aromatic carboxylic acids is 1. The number of carboxylic acid groups (broad SMARTS) is 2. The zero-order valence-corrected chi connectivity index (χ0v) is 46.9. The highest BCUT2D eigenvalue weighted by Crippen LogP contribution is 2.45. The van der Waals surface area contributed by atoms with E-state index >= 15 is 0 Å². The van der Waals surface area contributed by atoms with Gasteiger partial charge in [-0.25, -0.2) is 27.7 Å². The Morgan fingerprint density at radius 2 is 1.30 bits per heavy atom. The number of hydrogen-bond acceptors (Lipinski definition) is 12. The van der Waals surface area contributed by atoms with Crippen LogP contribution < -0.4 is 35.6 Å². The summed E-state index contributed by atoms with van der Waals surface area (Å²) < 4.78 is 106. The second kappa shape index (κ2) is 27.6. The number of aryl methyl sites for hydroxylation is 2. The zero-order chi connectivity index (χ0) is 60.1. The molecule has 0 aromatic heterocycles. The fourth-order valence-corrected chi connectivity index (χ4v) is 9.22. The zero-order valence-electron chi connectivity index (χ0n) is 46.1. The molecule has 22 heteroatoms. The second-order valence-electron chi connectivity index (χ2n) is 18.2. The van der Waals surface area contributed by atoms with Crippen molar-refractivity contribution in [2.75, 3.05) is 49.5 Å². The molecule has 1 unspecified atom stereocenters. The Morgan fingerprint density at radius 1 is 0.728 bits per heavy atom. The van der Waals surface area contributed by atoms with Gasteiger partial charge < -0.3 is 38.6 Å². The molecule has 2 aliphatic carbocycles. The lowest BCUT2D eigenvalue weighted by Gasteiger charge is -2.22. The third-order valence-electron chi connectivity index (χ3n) is 13.1. The van der Waals surface area contributed by atoms with E-state index < -0.39 is 39.8 Å². The molecule has 0 saturated heterocycles. The van der Waals surface area contributed by atoms with Gasteiger partial charge in [0, 0.05) is 87.8 Å². The number of anilines is 2. The number of alkyl halides is 6. The van der Waals surface area contributed by atoms with Crippen LogP contribution in [0.4, 0.5) is 37.7 Å². The van der Waals surface area contributed by atoms with E-state index in [0.29, 0.717) is 12.0 Å². The molecule has 0 fully saturated rings. The third kappa shape index (κ3) is 15.2. The Bertz CT molecular complexity index is 3690. The van der Waals surface area contributed by atoms with E-state index in [4.69, 9.17) is 36.6 Å². The van der Waals surface area contributed by atoms with E-state index in [9.17, 15) is 41.5 Å². The van der Waals surface area contributed by atoms with E-state index in [1.807, 2.05) is 37.3 Å². The predicted molar refractivity (Wildman–Crippen MR) is 295 cm³/mol. The summed E-state index contributed by atoms with van der Waals surface area (Å²) >= 11 is 0. The monoisotopic (exact) mass is 1150 g/mol.